The summed E-state index contributed by atoms with van der Waals surface area (Å²) in [6, 6.07) is 7.38. The number of anilines is 2. The quantitative estimate of drug-likeness (QED) is 0.576. The number of nitrogens with two attached hydrogens (primary N) is 1. The highest BCUT2D eigenvalue weighted by Gasteiger charge is 2.54. The highest BCUT2D eigenvalue weighted by Crippen LogP contribution is 2.49. The van der Waals surface area contributed by atoms with Gasteiger partial charge in [-0.2, -0.15) is 5.26 Å². The molecule has 1 saturated carbocycles. The number of rotatable bonds is 6. The van der Waals surface area contributed by atoms with Crippen molar-refractivity contribution in [1.82, 2.24) is 14.9 Å². The molecule has 7 nitrogen and oxygen atoms in total. The zero-order valence-electron chi connectivity index (χ0n) is 18.3. The summed E-state index contributed by atoms with van der Waals surface area (Å²) in [5, 5.41) is 13.1. The molecule has 1 fully saturated rings. The molecular formula is C24H25FN6O. The Hall–Kier alpha value is -3.57. The fourth-order valence-corrected chi connectivity index (χ4v) is 4.41. The number of amides is 1. The Labute approximate surface area is 186 Å². The van der Waals surface area contributed by atoms with Gasteiger partial charge in [-0.05, 0) is 62.0 Å². The van der Waals surface area contributed by atoms with Gasteiger partial charge in [0.05, 0.1) is 11.8 Å². The Balaban J connectivity index is 1.64. The van der Waals surface area contributed by atoms with Crippen LogP contribution in [0.2, 0.25) is 0 Å². The van der Waals surface area contributed by atoms with Gasteiger partial charge in [-0.1, -0.05) is 0 Å². The minimum Gasteiger partial charge on any atom is -0.396 e. The first-order chi connectivity index (χ1) is 15.3. The van der Waals surface area contributed by atoms with Gasteiger partial charge in [0.25, 0.3) is 0 Å². The van der Waals surface area contributed by atoms with Gasteiger partial charge in [0, 0.05) is 54.0 Å². The summed E-state index contributed by atoms with van der Waals surface area (Å²) in [6.45, 7) is 2.63. The van der Waals surface area contributed by atoms with Crippen molar-refractivity contribution in [2.75, 3.05) is 31.7 Å². The van der Waals surface area contributed by atoms with E-state index in [-0.39, 0.29) is 29.3 Å². The molecule has 0 bridgehead atoms. The minimum atomic E-state index is -0.518. The Morgan fingerprint density at radius 1 is 1.28 bits per heavy atom. The number of hydrogen-bond acceptors (Lipinski definition) is 6. The Morgan fingerprint density at radius 3 is 2.75 bits per heavy atom. The minimum absolute atomic E-state index is 0.00783. The van der Waals surface area contributed by atoms with Gasteiger partial charge in [-0.25, -0.2) is 9.37 Å². The van der Waals surface area contributed by atoms with Gasteiger partial charge in [-0.3, -0.25) is 9.78 Å². The molecule has 2 heterocycles. The molecule has 0 saturated heterocycles. The first-order valence-electron chi connectivity index (χ1n) is 10.4. The van der Waals surface area contributed by atoms with Crippen molar-refractivity contribution >= 4 is 28.2 Å². The van der Waals surface area contributed by atoms with Crippen LogP contribution in [-0.4, -0.2) is 41.4 Å². The lowest BCUT2D eigenvalue weighted by Gasteiger charge is -2.13. The summed E-state index contributed by atoms with van der Waals surface area (Å²) >= 11 is 0. The second-order valence-corrected chi connectivity index (χ2v) is 8.60. The number of carbonyl (C=O) groups excluding carboxylic acids is 1. The van der Waals surface area contributed by atoms with Crippen LogP contribution in [0.4, 0.5) is 15.9 Å². The lowest BCUT2D eigenvalue weighted by Crippen LogP contribution is -2.20. The third-order valence-corrected chi connectivity index (χ3v) is 6.12. The SMILES string of the molecule is Cc1ccncc1-c1cc2cc(NC(=O)C3C(CC#N)C3CN(C)C)ncc2c(N)c1F. The summed E-state index contributed by atoms with van der Waals surface area (Å²) in [5.74, 6) is -0.323. The maximum absolute atomic E-state index is 15.0. The van der Waals surface area contributed by atoms with E-state index in [1.165, 1.54) is 6.20 Å². The molecule has 164 valence electrons. The van der Waals surface area contributed by atoms with Crippen molar-refractivity contribution < 1.29 is 9.18 Å². The number of aromatic nitrogens is 2. The van der Waals surface area contributed by atoms with Crippen molar-refractivity contribution in [2.45, 2.75) is 13.3 Å². The number of hydrogen-bond donors (Lipinski definition) is 2. The number of nitrogens with zero attached hydrogens (tertiary/aromatic N) is 4. The molecule has 3 aromatic rings. The molecule has 8 heteroatoms. The predicted octanol–water partition coefficient (Wildman–Crippen LogP) is 3.60. The molecule has 0 spiro atoms. The first-order valence-corrected chi connectivity index (χ1v) is 10.4. The van der Waals surface area contributed by atoms with Gasteiger partial charge in [0.15, 0.2) is 5.82 Å². The second kappa shape index (κ2) is 8.52. The maximum Gasteiger partial charge on any atom is 0.229 e. The first kappa shape index (κ1) is 21.7. The third-order valence-electron chi connectivity index (χ3n) is 6.12. The Kier molecular flexibility index (Phi) is 5.76. The number of nitrogens with one attached hydrogen (secondary N) is 1. The molecule has 0 aliphatic heterocycles. The van der Waals surface area contributed by atoms with Crippen LogP contribution in [0.15, 0.2) is 36.8 Å². The van der Waals surface area contributed by atoms with Gasteiger partial charge in [0.1, 0.15) is 5.82 Å². The van der Waals surface area contributed by atoms with Crippen molar-refractivity contribution in [1.29, 1.82) is 5.26 Å². The van der Waals surface area contributed by atoms with Crippen molar-refractivity contribution in [2.24, 2.45) is 17.8 Å². The average molecular weight is 433 g/mol. The lowest BCUT2D eigenvalue weighted by atomic mass is 9.98. The number of nitriles is 1. The summed E-state index contributed by atoms with van der Waals surface area (Å²) in [6.07, 6.45) is 5.08. The molecule has 0 radical (unpaired) electrons. The second-order valence-electron chi connectivity index (χ2n) is 8.60. The van der Waals surface area contributed by atoms with E-state index in [1.54, 1.807) is 24.5 Å². The third kappa shape index (κ3) is 3.99. The number of nitrogen functional groups attached to an aromatic ring is 1. The monoisotopic (exact) mass is 432 g/mol. The van der Waals surface area contributed by atoms with E-state index in [0.717, 1.165) is 12.1 Å². The molecule has 2 aromatic heterocycles. The van der Waals surface area contributed by atoms with Gasteiger partial charge >= 0.3 is 0 Å². The average Bonchev–Trinajstić information content (AvgIpc) is 3.42. The fourth-order valence-electron chi connectivity index (χ4n) is 4.41. The van der Waals surface area contributed by atoms with Gasteiger partial charge < -0.3 is 16.0 Å². The van der Waals surface area contributed by atoms with Gasteiger partial charge in [-0.15, -0.1) is 0 Å². The molecule has 32 heavy (non-hydrogen) atoms. The van der Waals surface area contributed by atoms with Crippen molar-refractivity contribution in [3.05, 3.63) is 48.2 Å². The molecular weight excluding hydrogens is 407 g/mol. The van der Waals surface area contributed by atoms with Crippen LogP contribution in [0, 0.1) is 41.8 Å². The number of halogens is 1. The number of benzene rings is 1. The molecule has 3 atom stereocenters. The van der Waals surface area contributed by atoms with Crippen LogP contribution in [-0.2, 0) is 4.79 Å². The highest BCUT2D eigenvalue weighted by molar-refractivity contribution is 6.00. The summed E-state index contributed by atoms with van der Waals surface area (Å²) in [5.41, 5.74) is 7.97. The summed E-state index contributed by atoms with van der Waals surface area (Å²) in [7, 11) is 3.90. The van der Waals surface area contributed by atoms with Crippen LogP contribution in [0.5, 0.6) is 0 Å². The fraction of sp³-hybridized carbons (Fsp3) is 0.333. The normalized spacial score (nSPS) is 19.7. The van der Waals surface area contributed by atoms with Gasteiger partial charge in [0.2, 0.25) is 5.91 Å². The molecule has 1 aromatic carbocycles. The van der Waals surface area contributed by atoms with Crippen LogP contribution in [0.1, 0.15) is 12.0 Å². The zero-order valence-corrected chi connectivity index (χ0v) is 18.3. The van der Waals surface area contributed by atoms with E-state index in [9.17, 15) is 4.79 Å². The summed E-state index contributed by atoms with van der Waals surface area (Å²) in [4.78, 5) is 23.3. The predicted molar refractivity (Wildman–Crippen MR) is 122 cm³/mol. The zero-order chi connectivity index (χ0) is 23.0. The molecule has 1 aliphatic carbocycles. The largest absolute Gasteiger partial charge is 0.396 e. The highest BCUT2D eigenvalue weighted by atomic mass is 19.1. The Morgan fingerprint density at radius 2 is 2.06 bits per heavy atom. The topological polar surface area (TPSA) is 108 Å². The number of pyridine rings is 2. The molecule has 1 amide bonds. The number of carbonyl (C=O) groups is 1. The smallest absolute Gasteiger partial charge is 0.229 e. The van der Waals surface area contributed by atoms with Crippen LogP contribution in [0.3, 0.4) is 0 Å². The van der Waals surface area contributed by atoms with Crippen molar-refractivity contribution in [3.63, 3.8) is 0 Å². The van der Waals surface area contributed by atoms with Crippen LogP contribution in [0.25, 0.3) is 21.9 Å². The van der Waals surface area contributed by atoms with Crippen LogP contribution >= 0.6 is 0 Å². The van der Waals surface area contributed by atoms with E-state index < -0.39 is 5.82 Å². The van der Waals surface area contributed by atoms with E-state index in [1.807, 2.05) is 32.0 Å². The van der Waals surface area contributed by atoms with E-state index >= 15 is 4.39 Å². The van der Waals surface area contributed by atoms with E-state index in [0.29, 0.717) is 34.1 Å². The Bertz CT molecular complexity index is 1240. The number of fused-ring (bicyclic) bond motifs is 1. The summed E-state index contributed by atoms with van der Waals surface area (Å²) < 4.78 is 15.0. The lowest BCUT2D eigenvalue weighted by molar-refractivity contribution is -0.117. The standard InChI is InChI=1S/C24H25FN6O/c1-13-5-7-28-10-17(13)16-8-14-9-20(29-11-18(14)23(27)22(16)25)30-24(32)21-15(4-6-26)19(21)12-31(2)3/h5,7-11,15,19,21H,4,12,27H2,1-3H3,(H,29,30,32). The van der Waals surface area contributed by atoms with Crippen molar-refractivity contribution in [3.8, 4) is 17.2 Å². The molecule has 1 aliphatic rings. The number of aryl methyl sites for hydroxylation is 1. The van der Waals surface area contributed by atoms with Crippen LogP contribution < -0.4 is 11.1 Å². The molecule has 3 N–H and O–H groups in total. The van der Waals surface area contributed by atoms with E-state index in [2.05, 4.69) is 21.4 Å². The van der Waals surface area contributed by atoms with E-state index in [4.69, 9.17) is 11.0 Å². The molecule has 4 rings (SSSR count). The maximum atomic E-state index is 15.0. The molecule has 3 unspecified atom stereocenters.